The van der Waals surface area contributed by atoms with Gasteiger partial charge in [-0.15, -0.1) is 0 Å². The minimum atomic E-state index is 0.174. The van der Waals surface area contributed by atoms with E-state index in [1.165, 1.54) is 24.1 Å². The average Bonchev–Trinajstić information content (AvgIpc) is 3.31. The molecule has 0 saturated carbocycles. The number of hydrogen-bond acceptors (Lipinski definition) is 5. The molecule has 4 rings (SSSR count). The molecule has 1 aliphatic carbocycles. The van der Waals surface area contributed by atoms with E-state index in [-0.39, 0.29) is 11.8 Å². The van der Waals surface area contributed by atoms with Gasteiger partial charge in [0.05, 0.1) is 11.6 Å². The van der Waals surface area contributed by atoms with Crippen molar-refractivity contribution in [2.45, 2.75) is 57.8 Å². The minimum absolute atomic E-state index is 0.174. The molecule has 1 unspecified atom stereocenters. The van der Waals surface area contributed by atoms with E-state index in [2.05, 4.69) is 20.3 Å². The third kappa shape index (κ3) is 2.95. The lowest BCUT2D eigenvalue weighted by Gasteiger charge is -2.16. The number of carbonyl (C=O) groups is 1. The second-order valence-electron chi connectivity index (χ2n) is 6.84. The van der Waals surface area contributed by atoms with E-state index in [1.807, 2.05) is 11.8 Å². The molecule has 0 radical (unpaired) electrons. The van der Waals surface area contributed by atoms with Crippen molar-refractivity contribution in [1.82, 2.24) is 25.2 Å². The zero-order valence-corrected chi connectivity index (χ0v) is 14.0. The second kappa shape index (κ2) is 6.37. The molecule has 128 valence electrons. The highest BCUT2D eigenvalue weighted by atomic mass is 16.5. The van der Waals surface area contributed by atoms with Crippen LogP contribution in [0.15, 0.2) is 4.52 Å². The monoisotopic (exact) mass is 329 g/mol. The summed E-state index contributed by atoms with van der Waals surface area (Å²) in [5, 5.41) is 11.4. The van der Waals surface area contributed by atoms with Gasteiger partial charge in [0, 0.05) is 31.6 Å². The molecule has 2 aromatic heterocycles. The molecule has 2 aliphatic rings. The quantitative estimate of drug-likeness (QED) is 0.926. The number of aryl methyl sites for hydroxylation is 3. The summed E-state index contributed by atoms with van der Waals surface area (Å²) in [4.78, 5) is 18.7. The number of hydrogen-bond donors (Lipinski definition) is 1. The highest BCUT2D eigenvalue weighted by molar-refractivity contribution is 5.76. The van der Waals surface area contributed by atoms with Gasteiger partial charge in [0.1, 0.15) is 0 Å². The number of carbonyl (C=O) groups excluding carboxylic acids is 1. The molecule has 1 N–H and O–H groups in total. The van der Waals surface area contributed by atoms with Gasteiger partial charge in [-0.2, -0.15) is 10.1 Å². The van der Waals surface area contributed by atoms with Crippen molar-refractivity contribution < 1.29 is 9.32 Å². The van der Waals surface area contributed by atoms with Crippen molar-refractivity contribution in [3.8, 4) is 0 Å². The van der Waals surface area contributed by atoms with Gasteiger partial charge in [-0.1, -0.05) is 5.16 Å². The highest BCUT2D eigenvalue weighted by Gasteiger charge is 2.30. The first-order chi connectivity index (χ1) is 11.7. The number of aromatic amines is 1. The van der Waals surface area contributed by atoms with Gasteiger partial charge >= 0.3 is 0 Å². The van der Waals surface area contributed by atoms with Gasteiger partial charge < -0.3 is 9.42 Å². The van der Waals surface area contributed by atoms with Gasteiger partial charge in [0.15, 0.2) is 5.82 Å². The summed E-state index contributed by atoms with van der Waals surface area (Å²) in [5.74, 6) is 1.68. The molecule has 2 aromatic rings. The Morgan fingerprint density at radius 3 is 3.08 bits per heavy atom. The number of aromatic nitrogens is 4. The fourth-order valence-corrected chi connectivity index (χ4v) is 3.81. The predicted octanol–water partition coefficient (Wildman–Crippen LogP) is 1.93. The van der Waals surface area contributed by atoms with Crippen LogP contribution in [0.3, 0.4) is 0 Å². The van der Waals surface area contributed by atoms with Gasteiger partial charge in [0.25, 0.3) is 0 Å². The fourth-order valence-electron chi connectivity index (χ4n) is 3.81. The smallest absolute Gasteiger partial charge is 0.231 e. The molecule has 1 atom stereocenters. The van der Waals surface area contributed by atoms with E-state index < -0.39 is 0 Å². The van der Waals surface area contributed by atoms with E-state index in [1.54, 1.807) is 0 Å². The molecule has 1 amide bonds. The third-order valence-electron chi connectivity index (χ3n) is 5.15. The molecule has 24 heavy (non-hydrogen) atoms. The summed E-state index contributed by atoms with van der Waals surface area (Å²) >= 11 is 0. The van der Waals surface area contributed by atoms with E-state index in [9.17, 15) is 4.79 Å². The van der Waals surface area contributed by atoms with Gasteiger partial charge in [0.2, 0.25) is 11.8 Å². The lowest BCUT2D eigenvalue weighted by Crippen LogP contribution is -2.28. The molecular formula is C17H23N5O2. The summed E-state index contributed by atoms with van der Waals surface area (Å²) in [6.45, 7) is 3.26. The molecule has 0 spiro atoms. The number of fused-ring (bicyclic) bond motifs is 1. The zero-order valence-electron chi connectivity index (χ0n) is 14.0. The van der Waals surface area contributed by atoms with Crippen molar-refractivity contribution in [2.75, 3.05) is 13.1 Å². The normalized spacial score (nSPS) is 20.4. The minimum Gasteiger partial charge on any atom is -0.342 e. The maximum absolute atomic E-state index is 12.5. The van der Waals surface area contributed by atoms with Gasteiger partial charge in [-0.25, -0.2) is 0 Å². The van der Waals surface area contributed by atoms with Crippen LogP contribution in [0.1, 0.15) is 60.3 Å². The molecule has 1 aliphatic heterocycles. The Balaban J connectivity index is 1.33. The van der Waals surface area contributed by atoms with Crippen LogP contribution >= 0.6 is 0 Å². The standard InChI is InChI=1S/C17H23N5O2/c1-11-18-17(24-21-11)12-8-9-22(10-12)16(23)7-6-15-13-4-2-3-5-14(13)19-20-15/h12H,2-10H2,1H3,(H,19,20). The van der Waals surface area contributed by atoms with Crippen LogP contribution in [0.2, 0.25) is 0 Å². The Morgan fingerprint density at radius 2 is 2.25 bits per heavy atom. The maximum atomic E-state index is 12.5. The lowest BCUT2D eigenvalue weighted by molar-refractivity contribution is -0.130. The summed E-state index contributed by atoms with van der Waals surface area (Å²) in [7, 11) is 0. The topological polar surface area (TPSA) is 87.9 Å². The average molecular weight is 329 g/mol. The van der Waals surface area contributed by atoms with Crippen LogP contribution in [0.25, 0.3) is 0 Å². The van der Waals surface area contributed by atoms with E-state index >= 15 is 0 Å². The maximum Gasteiger partial charge on any atom is 0.231 e. The Hall–Kier alpha value is -2.18. The Bertz CT molecular complexity index is 735. The summed E-state index contributed by atoms with van der Waals surface area (Å²) < 4.78 is 5.24. The molecule has 7 heteroatoms. The van der Waals surface area contributed by atoms with Crippen LogP contribution < -0.4 is 0 Å². The number of nitrogens with one attached hydrogen (secondary N) is 1. The Labute approximate surface area is 140 Å². The first-order valence-electron chi connectivity index (χ1n) is 8.83. The number of amides is 1. The van der Waals surface area contributed by atoms with E-state index in [4.69, 9.17) is 4.52 Å². The second-order valence-corrected chi connectivity index (χ2v) is 6.84. The Kier molecular flexibility index (Phi) is 4.08. The van der Waals surface area contributed by atoms with Crippen molar-refractivity contribution in [3.63, 3.8) is 0 Å². The summed E-state index contributed by atoms with van der Waals surface area (Å²) in [6.07, 6.45) is 6.79. The molecular weight excluding hydrogens is 306 g/mol. The van der Waals surface area contributed by atoms with Gasteiger partial charge in [-0.3, -0.25) is 9.89 Å². The first-order valence-corrected chi connectivity index (χ1v) is 8.83. The summed E-state index contributed by atoms with van der Waals surface area (Å²) in [5.41, 5.74) is 3.72. The summed E-state index contributed by atoms with van der Waals surface area (Å²) in [6, 6.07) is 0. The number of rotatable bonds is 4. The zero-order chi connectivity index (χ0) is 16.5. The van der Waals surface area contributed by atoms with Crippen molar-refractivity contribution in [2.24, 2.45) is 0 Å². The molecule has 1 saturated heterocycles. The number of likely N-dealkylation sites (tertiary alicyclic amines) is 1. The van der Waals surface area contributed by atoms with Crippen LogP contribution in [0.4, 0.5) is 0 Å². The van der Waals surface area contributed by atoms with Crippen molar-refractivity contribution in [3.05, 3.63) is 28.7 Å². The highest BCUT2D eigenvalue weighted by Crippen LogP contribution is 2.27. The van der Waals surface area contributed by atoms with Crippen molar-refractivity contribution in [1.29, 1.82) is 0 Å². The Morgan fingerprint density at radius 1 is 1.38 bits per heavy atom. The lowest BCUT2D eigenvalue weighted by atomic mass is 9.94. The van der Waals surface area contributed by atoms with Crippen LogP contribution in [-0.2, 0) is 24.1 Å². The predicted molar refractivity (Wildman–Crippen MR) is 86.5 cm³/mol. The molecule has 0 bridgehead atoms. The number of H-pyrrole nitrogens is 1. The third-order valence-corrected chi connectivity index (χ3v) is 5.15. The van der Waals surface area contributed by atoms with E-state index in [0.717, 1.165) is 37.9 Å². The van der Waals surface area contributed by atoms with Gasteiger partial charge in [-0.05, 0) is 44.6 Å². The molecule has 1 fully saturated rings. The first kappa shape index (κ1) is 15.4. The van der Waals surface area contributed by atoms with Crippen LogP contribution in [-0.4, -0.2) is 44.2 Å². The van der Waals surface area contributed by atoms with Crippen molar-refractivity contribution >= 4 is 5.91 Å². The molecule has 7 nitrogen and oxygen atoms in total. The fraction of sp³-hybridized carbons (Fsp3) is 0.647. The molecule has 3 heterocycles. The van der Waals surface area contributed by atoms with E-state index in [0.29, 0.717) is 24.7 Å². The van der Waals surface area contributed by atoms with Crippen LogP contribution in [0, 0.1) is 6.92 Å². The largest absolute Gasteiger partial charge is 0.342 e. The molecule has 0 aromatic carbocycles. The number of nitrogens with zero attached hydrogens (tertiary/aromatic N) is 4. The SMILES string of the molecule is Cc1noc(C2CCN(C(=O)CCc3n[nH]c4c3CCCC4)C2)n1. The van der Waals surface area contributed by atoms with Crippen LogP contribution in [0.5, 0.6) is 0 Å².